The molecule has 0 fully saturated rings. The number of aromatic hydroxyl groups is 3. The van der Waals surface area contributed by atoms with Gasteiger partial charge in [0.15, 0.2) is 0 Å². The van der Waals surface area contributed by atoms with Gasteiger partial charge in [0, 0.05) is 5.92 Å². The van der Waals surface area contributed by atoms with Gasteiger partial charge in [0.25, 0.3) is 0 Å². The zero-order chi connectivity index (χ0) is 29.5. The second kappa shape index (κ2) is 13.4. The fourth-order valence-electron chi connectivity index (χ4n) is 5.23. The SMILES string of the molecule is CCCC(c1cc(C(C)(C)C)c(O)cc1C)c1cc(C(C)(C)C)c(O)cc1C.CCCCc1ccccc1O. The summed E-state index contributed by atoms with van der Waals surface area (Å²) in [6, 6.07) is 15.8. The standard InChI is InChI=1S/C26H38O2.C10H14O/c1-10-11-18(19-14-21(25(4,5)6)23(27)12-16(19)2)20-15-22(26(7,8)9)24(28)13-17(20)3;1-2-3-6-9-7-4-5-8-10(9)11/h12-15,18,27-28H,10-11H2,1-9H3;4-5,7-8,11H,2-3,6H2,1H3. The Labute approximate surface area is 238 Å². The number of benzene rings is 3. The van der Waals surface area contributed by atoms with Gasteiger partial charge in [-0.05, 0) is 101 Å². The Kier molecular flexibility index (Phi) is 11.1. The molecule has 0 unspecified atom stereocenters. The first-order valence-electron chi connectivity index (χ1n) is 14.6. The van der Waals surface area contributed by atoms with Crippen LogP contribution in [0.25, 0.3) is 0 Å². The van der Waals surface area contributed by atoms with E-state index in [0.29, 0.717) is 17.2 Å². The molecule has 0 atom stereocenters. The topological polar surface area (TPSA) is 60.7 Å². The van der Waals surface area contributed by atoms with E-state index in [-0.39, 0.29) is 16.7 Å². The molecule has 3 aromatic carbocycles. The summed E-state index contributed by atoms with van der Waals surface area (Å²) in [4.78, 5) is 0. The number of rotatable bonds is 7. The smallest absolute Gasteiger partial charge is 0.119 e. The van der Waals surface area contributed by atoms with Crippen molar-refractivity contribution in [3.63, 3.8) is 0 Å². The zero-order valence-corrected chi connectivity index (χ0v) is 26.1. The van der Waals surface area contributed by atoms with Crippen LogP contribution in [0.15, 0.2) is 48.5 Å². The fraction of sp³-hybridized carbons (Fsp3) is 0.500. The number of phenols is 3. The molecule has 0 radical (unpaired) electrons. The maximum atomic E-state index is 10.5. The predicted molar refractivity (Wildman–Crippen MR) is 167 cm³/mol. The molecule has 39 heavy (non-hydrogen) atoms. The lowest BCUT2D eigenvalue weighted by Gasteiger charge is -2.29. The van der Waals surface area contributed by atoms with Crippen molar-refractivity contribution >= 4 is 0 Å². The van der Waals surface area contributed by atoms with E-state index in [4.69, 9.17) is 0 Å². The minimum Gasteiger partial charge on any atom is -0.508 e. The summed E-state index contributed by atoms with van der Waals surface area (Å²) < 4.78 is 0. The Morgan fingerprint density at radius 3 is 1.49 bits per heavy atom. The fourth-order valence-corrected chi connectivity index (χ4v) is 5.23. The largest absolute Gasteiger partial charge is 0.508 e. The van der Waals surface area contributed by atoms with Gasteiger partial charge in [-0.3, -0.25) is 0 Å². The summed E-state index contributed by atoms with van der Waals surface area (Å²) in [6.45, 7) is 21.4. The van der Waals surface area contributed by atoms with Crippen molar-refractivity contribution in [2.75, 3.05) is 0 Å². The first kappa shape index (κ1) is 32.3. The van der Waals surface area contributed by atoms with Crippen molar-refractivity contribution in [2.45, 2.75) is 118 Å². The van der Waals surface area contributed by atoms with Crippen molar-refractivity contribution < 1.29 is 15.3 Å². The number of aryl methyl sites for hydroxylation is 3. The second-order valence-electron chi connectivity index (χ2n) is 13.0. The third kappa shape index (κ3) is 8.52. The minimum absolute atomic E-state index is 0.121. The maximum absolute atomic E-state index is 10.5. The molecular formula is C36H52O3. The molecule has 0 saturated heterocycles. The number of unbranched alkanes of at least 4 members (excludes halogenated alkanes) is 1. The van der Waals surface area contributed by atoms with Crippen LogP contribution in [0.2, 0.25) is 0 Å². The Morgan fingerprint density at radius 1 is 0.641 bits per heavy atom. The molecule has 3 aromatic rings. The molecular weight excluding hydrogens is 480 g/mol. The Hall–Kier alpha value is -2.94. The number of hydrogen-bond acceptors (Lipinski definition) is 3. The van der Waals surface area contributed by atoms with Crippen LogP contribution in [-0.4, -0.2) is 15.3 Å². The lowest BCUT2D eigenvalue weighted by atomic mass is 9.76. The molecule has 0 aliphatic carbocycles. The molecule has 0 saturated carbocycles. The first-order chi connectivity index (χ1) is 18.1. The van der Waals surface area contributed by atoms with Gasteiger partial charge in [0.05, 0.1) is 0 Å². The highest BCUT2D eigenvalue weighted by atomic mass is 16.3. The number of hydrogen-bond donors (Lipinski definition) is 3. The summed E-state index contributed by atoms with van der Waals surface area (Å²) in [6.07, 6.45) is 5.42. The van der Waals surface area contributed by atoms with Gasteiger partial charge in [-0.2, -0.15) is 0 Å². The van der Waals surface area contributed by atoms with Crippen molar-refractivity contribution in [3.8, 4) is 17.2 Å². The predicted octanol–water partition coefficient (Wildman–Crippen LogP) is 9.98. The second-order valence-corrected chi connectivity index (χ2v) is 13.0. The third-order valence-corrected chi connectivity index (χ3v) is 7.50. The van der Waals surface area contributed by atoms with E-state index in [2.05, 4.69) is 81.4 Å². The quantitative estimate of drug-likeness (QED) is 0.284. The first-order valence-corrected chi connectivity index (χ1v) is 14.6. The summed E-state index contributed by atoms with van der Waals surface area (Å²) in [7, 11) is 0. The van der Waals surface area contributed by atoms with Crippen LogP contribution in [-0.2, 0) is 17.3 Å². The van der Waals surface area contributed by atoms with Crippen molar-refractivity contribution in [1.82, 2.24) is 0 Å². The van der Waals surface area contributed by atoms with Gasteiger partial charge in [-0.15, -0.1) is 0 Å². The average Bonchev–Trinajstić information content (AvgIpc) is 2.82. The molecule has 214 valence electrons. The summed E-state index contributed by atoms with van der Waals surface area (Å²) in [5.74, 6) is 1.43. The van der Waals surface area contributed by atoms with Crippen molar-refractivity contribution in [2.24, 2.45) is 0 Å². The summed E-state index contributed by atoms with van der Waals surface area (Å²) in [5, 5.41) is 30.4. The van der Waals surface area contributed by atoms with Gasteiger partial charge in [-0.25, -0.2) is 0 Å². The normalized spacial score (nSPS) is 11.9. The molecule has 0 heterocycles. The number of para-hydroxylation sites is 1. The summed E-state index contributed by atoms with van der Waals surface area (Å²) >= 11 is 0. The number of phenolic OH excluding ortho intramolecular Hbond substituents is 3. The molecule has 0 aromatic heterocycles. The molecule has 0 aliphatic heterocycles. The molecule has 3 rings (SSSR count). The van der Waals surface area contributed by atoms with E-state index < -0.39 is 0 Å². The lowest BCUT2D eigenvalue weighted by Crippen LogP contribution is -2.16. The van der Waals surface area contributed by atoms with E-state index in [1.165, 1.54) is 17.5 Å². The molecule has 3 nitrogen and oxygen atoms in total. The Bertz CT molecular complexity index is 1160. The molecule has 3 heteroatoms. The van der Waals surface area contributed by atoms with Crippen molar-refractivity contribution in [3.05, 3.63) is 87.5 Å². The molecule has 0 aliphatic rings. The van der Waals surface area contributed by atoms with Crippen LogP contribution in [0.1, 0.15) is 126 Å². The summed E-state index contributed by atoms with van der Waals surface area (Å²) in [5.41, 5.74) is 7.59. The van der Waals surface area contributed by atoms with Gasteiger partial charge in [0.2, 0.25) is 0 Å². The van der Waals surface area contributed by atoms with Gasteiger partial charge in [-0.1, -0.05) is 98.6 Å². The Balaban J connectivity index is 0.000000404. The maximum Gasteiger partial charge on any atom is 0.119 e. The molecule has 0 bridgehead atoms. The highest BCUT2D eigenvalue weighted by Crippen LogP contribution is 2.42. The van der Waals surface area contributed by atoms with Crippen LogP contribution >= 0.6 is 0 Å². The van der Waals surface area contributed by atoms with Gasteiger partial charge in [0.1, 0.15) is 17.2 Å². The van der Waals surface area contributed by atoms with Gasteiger partial charge >= 0.3 is 0 Å². The Morgan fingerprint density at radius 2 is 1.10 bits per heavy atom. The molecule has 0 spiro atoms. The third-order valence-electron chi connectivity index (χ3n) is 7.50. The molecule has 3 N–H and O–H groups in total. The zero-order valence-electron chi connectivity index (χ0n) is 26.1. The average molecular weight is 533 g/mol. The highest BCUT2D eigenvalue weighted by Gasteiger charge is 2.26. The van der Waals surface area contributed by atoms with Crippen LogP contribution in [0.5, 0.6) is 17.2 Å². The van der Waals surface area contributed by atoms with Crippen LogP contribution in [0.3, 0.4) is 0 Å². The minimum atomic E-state index is -0.121. The van der Waals surface area contributed by atoms with Crippen LogP contribution < -0.4 is 0 Å². The van der Waals surface area contributed by atoms with E-state index in [1.54, 1.807) is 6.07 Å². The van der Waals surface area contributed by atoms with E-state index >= 15 is 0 Å². The van der Waals surface area contributed by atoms with E-state index in [9.17, 15) is 15.3 Å². The van der Waals surface area contributed by atoms with E-state index in [0.717, 1.165) is 53.5 Å². The lowest BCUT2D eigenvalue weighted by molar-refractivity contribution is 0.445. The van der Waals surface area contributed by atoms with Crippen LogP contribution in [0, 0.1) is 13.8 Å². The molecule has 0 amide bonds. The van der Waals surface area contributed by atoms with E-state index in [1.807, 2.05) is 30.3 Å². The monoisotopic (exact) mass is 532 g/mol. The van der Waals surface area contributed by atoms with Crippen molar-refractivity contribution in [1.29, 1.82) is 0 Å². The van der Waals surface area contributed by atoms with Gasteiger partial charge < -0.3 is 15.3 Å². The highest BCUT2D eigenvalue weighted by molar-refractivity contribution is 5.52. The van der Waals surface area contributed by atoms with Crippen LogP contribution in [0.4, 0.5) is 0 Å².